The van der Waals surface area contributed by atoms with Crippen LogP contribution in [0.3, 0.4) is 0 Å². The molecule has 1 aromatic heterocycles. The van der Waals surface area contributed by atoms with E-state index in [0.29, 0.717) is 27.9 Å². The zero-order chi connectivity index (χ0) is 12.3. The number of halogens is 1. The summed E-state index contributed by atoms with van der Waals surface area (Å²) >= 11 is 5.95. The number of pyridine rings is 1. The third kappa shape index (κ3) is 2.65. The first kappa shape index (κ1) is 11.2. The zero-order valence-corrected chi connectivity index (χ0v) is 9.48. The van der Waals surface area contributed by atoms with Gasteiger partial charge in [0.25, 0.3) is 0 Å². The highest BCUT2D eigenvalue weighted by Gasteiger charge is 2.04. The molecule has 0 unspecified atom stereocenters. The summed E-state index contributed by atoms with van der Waals surface area (Å²) in [5, 5.41) is 9.04. The lowest BCUT2D eigenvalue weighted by atomic mass is 10.3. The molecule has 0 saturated carbocycles. The monoisotopic (exact) mass is 245 g/mol. The summed E-state index contributed by atoms with van der Waals surface area (Å²) < 4.78 is 5.46. The van der Waals surface area contributed by atoms with Crippen molar-refractivity contribution >= 4 is 17.3 Å². The molecule has 0 atom stereocenters. The summed E-state index contributed by atoms with van der Waals surface area (Å²) in [6.07, 6.45) is 1.43. The number of benzene rings is 1. The van der Waals surface area contributed by atoms with Gasteiger partial charge in [0.15, 0.2) is 0 Å². The highest BCUT2D eigenvalue weighted by atomic mass is 35.5. The molecule has 1 heterocycles. The van der Waals surface area contributed by atoms with Crippen LogP contribution in [-0.4, -0.2) is 4.98 Å². The van der Waals surface area contributed by atoms with Crippen LogP contribution < -0.4 is 10.5 Å². The molecule has 2 rings (SSSR count). The first-order valence-electron chi connectivity index (χ1n) is 4.78. The van der Waals surface area contributed by atoms with Crippen molar-refractivity contribution in [2.75, 3.05) is 5.73 Å². The molecular weight excluding hydrogens is 238 g/mol. The Morgan fingerprint density at radius 3 is 2.71 bits per heavy atom. The van der Waals surface area contributed by atoms with Gasteiger partial charge in [-0.25, -0.2) is 4.98 Å². The average Bonchev–Trinajstić information content (AvgIpc) is 2.34. The number of hydrogen-bond acceptors (Lipinski definition) is 4. The molecule has 2 aromatic rings. The second-order valence-electron chi connectivity index (χ2n) is 3.29. The van der Waals surface area contributed by atoms with Crippen molar-refractivity contribution in [3.05, 3.63) is 47.1 Å². The second kappa shape index (κ2) is 4.73. The van der Waals surface area contributed by atoms with Gasteiger partial charge in [-0.2, -0.15) is 5.26 Å². The molecular formula is C12H8ClN3O. The van der Waals surface area contributed by atoms with Crippen LogP contribution in [0, 0.1) is 11.3 Å². The Labute approximate surface area is 103 Å². The molecule has 0 aliphatic heterocycles. The molecule has 0 amide bonds. The molecule has 5 heteroatoms. The maximum absolute atomic E-state index is 8.63. The summed E-state index contributed by atoms with van der Waals surface area (Å²) in [4.78, 5) is 3.97. The fraction of sp³-hybridized carbons (Fsp3) is 0. The third-order valence-electron chi connectivity index (χ3n) is 2.04. The van der Waals surface area contributed by atoms with Crippen LogP contribution in [-0.2, 0) is 0 Å². The number of rotatable bonds is 2. The highest BCUT2D eigenvalue weighted by Crippen LogP contribution is 2.29. The maximum Gasteiger partial charge on any atom is 0.219 e. The van der Waals surface area contributed by atoms with Gasteiger partial charge in [-0.15, -0.1) is 0 Å². The summed E-state index contributed by atoms with van der Waals surface area (Å²) in [6.45, 7) is 0. The summed E-state index contributed by atoms with van der Waals surface area (Å²) in [7, 11) is 0. The normalized spacial score (nSPS) is 9.65. The summed E-state index contributed by atoms with van der Waals surface area (Å²) in [6, 6.07) is 10.1. The Bertz CT molecular complexity index is 575. The van der Waals surface area contributed by atoms with Gasteiger partial charge in [0.05, 0.1) is 10.6 Å². The van der Waals surface area contributed by atoms with E-state index in [2.05, 4.69) is 4.98 Å². The number of aromatic nitrogens is 1. The van der Waals surface area contributed by atoms with E-state index in [1.165, 1.54) is 6.20 Å². The van der Waals surface area contributed by atoms with Crippen molar-refractivity contribution < 1.29 is 4.74 Å². The van der Waals surface area contributed by atoms with Gasteiger partial charge < -0.3 is 10.5 Å². The van der Waals surface area contributed by atoms with E-state index in [1.54, 1.807) is 30.3 Å². The number of hydrogen-bond donors (Lipinski definition) is 1. The minimum absolute atomic E-state index is 0.371. The van der Waals surface area contributed by atoms with Crippen LogP contribution in [0.15, 0.2) is 36.5 Å². The fourth-order valence-corrected chi connectivity index (χ4v) is 1.45. The van der Waals surface area contributed by atoms with Crippen molar-refractivity contribution in [3.8, 4) is 17.7 Å². The lowest BCUT2D eigenvalue weighted by Crippen LogP contribution is -1.90. The average molecular weight is 246 g/mol. The second-order valence-corrected chi connectivity index (χ2v) is 3.70. The first-order valence-corrected chi connectivity index (χ1v) is 5.16. The van der Waals surface area contributed by atoms with Gasteiger partial charge in [-0.1, -0.05) is 11.6 Å². The summed E-state index contributed by atoms with van der Waals surface area (Å²) in [5.41, 5.74) is 6.60. The van der Waals surface area contributed by atoms with E-state index in [4.69, 9.17) is 27.3 Å². The molecule has 0 aliphatic rings. The molecule has 2 N–H and O–H groups in total. The van der Waals surface area contributed by atoms with Gasteiger partial charge in [-0.3, -0.25) is 0 Å². The number of nitrogens with two attached hydrogens (primary N) is 1. The van der Waals surface area contributed by atoms with Crippen LogP contribution in [0.25, 0.3) is 0 Å². The molecule has 0 fully saturated rings. The van der Waals surface area contributed by atoms with E-state index < -0.39 is 0 Å². The van der Waals surface area contributed by atoms with Crippen LogP contribution in [0.2, 0.25) is 5.02 Å². The minimum atomic E-state index is 0.371. The Morgan fingerprint density at radius 2 is 2.12 bits per heavy atom. The third-order valence-corrected chi connectivity index (χ3v) is 2.33. The van der Waals surface area contributed by atoms with Crippen LogP contribution in [0.1, 0.15) is 5.56 Å². The molecule has 0 aliphatic carbocycles. The Balaban J connectivity index is 2.23. The van der Waals surface area contributed by atoms with Gasteiger partial charge in [0.1, 0.15) is 11.8 Å². The number of nitriles is 1. The topological polar surface area (TPSA) is 71.9 Å². The van der Waals surface area contributed by atoms with E-state index in [0.717, 1.165) is 0 Å². The maximum atomic E-state index is 8.63. The van der Waals surface area contributed by atoms with E-state index in [1.807, 2.05) is 6.07 Å². The quantitative estimate of drug-likeness (QED) is 0.826. The Morgan fingerprint density at radius 1 is 1.29 bits per heavy atom. The molecule has 1 aromatic carbocycles. The zero-order valence-electron chi connectivity index (χ0n) is 8.72. The SMILES string of the molecule is N#Cc1ccc(Oc2ccc(N)cc2Cl)nc1. The molecule has 4 nitrogen and oxygen atoms in total. The van der Waals surface area contributed by atoms with Crippen LogP contribution in [0.4, 0.5) is 5.69 Å². The molecule has 0 radical (unpaired) electrons. The van der Waals surface area contributed by atoms with Gasteiger partial charge in [0, 0.05) is 18.0 Å². The number of nitrogens with zero attached hydrogens (tertiary/aromatic N) is 2. The molecule has 17 heavy (non-hydrogen) atoms. The van der Waals surface area contributed by atoms with Crippen molar-refractivity contribution in [1.29, 1.82) is 5.26 Å². The standard InChI is InChI=1S/C12H8ClN3O/c13-10-5-9(15)2-3-11(10)17-12-4-1-8(6-14)7-16-12/h1-5,7H,15H2. The largest absolute Gasteiger partial charge is 0.437 e. The van der Waals surface area contributed by atoms with Gasteiger partial charge in [-0.05, 0) is 24.3 Å². The number of nitrogen functional groups attached to an aromatic ring is 1. The predicted molar refractivity (Wildman–Crippen MR) is 64.9 cm³/mol. The lowest BCUT2D eigenvalue weighted by molar-refractivity contribution is 0.463. The van der Waals surface area contributed by atoms with Crippen LogP contribution >= 0.6 is 11.6 Å². The first-order chi connectivity index (χ1) is 8.19. The van der Waals surface area contributed by atoms with Gasteiger partial charge in [0.2, 0.25) is 5.88 Å². The van der Waals surface area contributed by atoms with Crippen molar-refractivity contribution in [2.24, 2.45) is 0 Å². The number of anilines is 1. The highest BCUT2D eigenvalue weighted by molar-refractivity contribution is 6.32. The van der Waals surface area contributed by atoms with Gasteiger partial charge >= 0.3 is 0 Å². The van der Waals surface area contributed by atoms with E-state index in [-0.39, 0.29) is 0 Å². The molecule has 0 spiro atoms. The van der Waals surface area contributed by atoms with E-state index in [9.17, 15) is 0 Å². The Hall–Kier alpha value is -2.25. The minimum Gasteiger partial charge on any atom is -0.437 e. The molecule has 0 saturated heterocycles. The lowest BCUT2D eigenvalue weighted by Gasteiger charge is -2.06. The summed E-state index contributed by atoms with van der Waals surface area (Å²) in [5.74, 6) is 0.841. The van der Waals surface area contributed by atoms with E-state index >= 15 is 0 Å². The molecule has 0 bridgehead atoms. The van der Waals surface area contributed by atoms with Crippen LogP contribution in [0.5, 0.6) is 11.6 Å². The Kier molecular flexibility index (Phi) is 3.12. The van der Waals surface area contributed by atoms with Crippen molar-refractivity contribution in [2.45, 2.75) is 0 Å². The number of ether oxygens (including phenoxy) is 1. The smallest absolute Gasteiger partial charge is 0.219 e. The van der Waals surface area contributed by atoms with Crippen molar-refractivity contribution in [1.82, 2.24) is 4.98 Å². The fourth-order valence-electron chi connectivity index (χ4n) is 1.22. The predicted octanol–water partition coefficient (Wildman–Crippen LogP) is 2.98. The molecule has 84 valence electrons. The van der Waals surface area contributed by atoms with Crippen molar-refractivity contribution in [3.63, 3.8) is 0 Å².